The van der Waals surface area contributed by atoms with E-state index in [4.69, 9.17) is 5.11 Å². The Morgan fingerprint density at radius 2 is 2.35 bits per heavy atom. The van der Waals surface area contributed by atoms with Crippen LogP contribution >= 0.6 is 11.8 Å². The standard InChI is InChI=1S/C13H19N3O3S/c1-3-9-7-16(4-5-20-9)13(19)15-10-6-8(2)14-11(10)12(17)18/h6,9,14H,3-5,7H2,1-2H3,(H,15,19)(H,17,18). The van der Waals surface area contributed by atoms with E-state index in [0.717, 1.165) is 12.2 Å². The summed E-state index contributed by atoms with van der Waals surface area (Å²) < 4.78 is 0. The average molecular weight is 297 g/mol. The third kappa shape index (κ3) is 3.27. The van der Waals surface area contributed by atoms with Gasteiger partial charge in [-0.1, -0.05) is 6.92 Å². The summed E-state index contributed by atoms with van der Waals surface area (Å²) in [6.45, 7) is 5.27. The molecular weight excluding hydrogens is 278 g/mol. The van der Waals surface area contributed by atoms with Gasteiger partial charge >= 0.3 is 12.0 Å². The first-order valence-electron chi connectivity index (χ1n) is 6.61. The Morgan fingerprint density at radius 1 is 1.60 bits per heavy atom. The number of aryl methyl sites for hydroxylation is 1. The number of nitrogens with zero attached hydrogens (tertiary/aromatic N) is 1. The summed E-state index contributed by atoms with van der Waals surface area (Å²) in [6.07, 6.45) is 1.03. The summed E-state index contributed by atoms with van der Waals surface area (Å²) in [4.78, 5) is 27.8. The van der Waals surface area contributed by atoms with Crippen LogP contribution in [0.2, 0.25) is 0 Å². The Kier molecular flexibility index (Phi) is 4.59. The Morgan fingerprint density at radius 3 is 3.00 bits per heavy atom. The van der Waals surface area contributed by atoms with Gasteiger partial charge in [0.15, 0.2) is 0 Å². The second-order valence-corrected chi connectivity index (χ2v) is 6.23. The second kappa shape index (κ2) is 6.21. The zero-order valence-electron chi connectivity index (χ0n) is 11.6. The maximum Gasteiger partial charge on any atom is 0.354 e. The molecule has 1 saturated heterocycles. The molecule has 0 aliphatic carbocycles. The van der Waals surface area contributed by atoms with Gasteiger partial charge in [0.1, 0.15) is 5.69 Å². The number of nitrogens with one attached hydrogen (secondary N) is 2. The van der Waals surface area contributed by atoms with Crippen molar-refractivity contribution in [1.29, 1.82) is 0 Å². The van der Waals surface area contributed by atoms with Crippen LogP contribution in [-0.2, 0) is 0 Å². The molecule has 110 valence electrons. The molecule has 1 aliphatic heterocycles. The lowest BCUT2D eigenvalue weighted by Crippen LogP contribution is -2.44. The first-order valence-corrected chi connectivity index (χ1v) is 7.66. The predicted molar refractivity (Wildman–Crippen MR) is 79.6 cm³/mol. The highest BCUT2D eigenvalue weighted by Gasteiger charge is 2.24. The van der Waals surface area contributed by atoms with Crippen LogP contribution in [0.3, 0.4) is 0 Å². The van der Waals surface area contributed by atoms with Gasteiger partial charge in [0.2, 0.25) is 0 Å². The van der Waals surface area contributed by atoms with Gasteiger partial charge in [-0.3, -0.25) is 0 Å². The van der Waals surface area contributed by atoms with Crippen molar-refractivity contribution in [3.05, 3.63) is 17.5 Å². The molecule has 1 unspecified atom stereocenters. The number of thioether (sulfide) groups is 1. The molecule has 1 fully saturated rings. The van der Waals surface area contributed by atoms with Crippen LogP contribution in [0.15, 0.2) is 6.07 Å². The number of urea groups is 1. The third-order valence-corrected chi connectivity index (χ3v) is 4.66. The molecule has 1 aromatic rings. The van der Waals surface area contributed by atoms with Crippen molar-refractivity contribution in [2.45, 2.75) is 25.5 Å². The zero-order valence-corrected chi connectivity index (χ0v) is 12.4. The minimum Gasteiger partial charge on any atom is -0.477 e. The van der Waals surface area contributed by atoms with Gasteiger partial charge in [0.25, 0.3) is 0 Å². The van der Waals surface area contributed by atoms with Crippen LogP contribution in [0, 0.1) is 6.92 Å². The average Bonchev–Trinajstić information content (AvgIpc) is 2.80. The molecule has 6 nitrogen and oxygen atoms in total. The van der Waals surface area contributed by atoms with E-state index in [1.165, 1.54) is 0 Å². The van der Waals surface area contributed by atoms with Gasteiger partial charge < -0.3 is 20.3 Å². The van der Waals surface area contributed by atoms with E-state index in [1.54, 1.807) is 17.9 Å². The second-order valence-electron chi connectivity index (χ2n) is 4.82. The molecule has 1 aromatic heterocycles. The number of H-pyrrole nitrogens is 1. The topological polar surface area (TPSA) is 85.4 Å². The van der Waals surface area contributed by atoms with Crippen molar-refractivity contribution >= 4 is 29.4 Å². The number of hydrogen-bond acceptors (Lipinski definition) is 3. The molecule has 3 N–H and O–H groups in total. The SMILES string of the molecule is CCC1CN(C(=O)Nc2cc(C)[nH]c2C(=O)O)CCS1. The van der Waals surface area contributed by atoms with E-state index >= 15 is 0 Å². The van der Waals surface area contributed by atoms with Crippen LogP contribution in [0.4, 0.5) is 10.5 Å². The highest BCUT2D eigenvalue weighted by Crippen LogP contribution is 2.23. The quantitative estimate of drug-likeness (QED) is 0.799. The van der Waals surface area contributed by atoms with Gasteiger partial charge in [0.05, 0.1) is 5.69 Å². The zero-order chi connectivity index (χ0) is 14.7. The van der Waals surface area contributed by atoms with Crippen LogP contribution in [0.1, 0.15) is 29.5 Å². The highest BCUT2D eigenvalue weighted by molar-refractivity contribution is 8.00. The molecule has 0 bridgehead atoms. The molecule has 7 heteroatoms. The number of amides is 2. The summed E-state index contributed by atoms with van der Waals surface area (Å²) in [5.41, 5.74) is 1.05. The molecule has 0 aromatic carbocycles. The highest BCUT2D eigenvalue weighted by atomic mass is 32.2. The molecule has 2 rings (SSSR count). The minimum atomic E-state index is -1.07. The van der Waals surface area contributed by atoms with Crippen LogP contribution < -0.4 is 5.32 Å². The first-order chi connectivity index (χ1) is 9.51. The van der Waals surface area contributed by atoms with E-state index in [9.17, 15) is 9.59 Å². The molecule has 2 amide bonds. The fourth-order valence-electron chi connectivity index (χ4n) is 2.20. The number of carboxylic acid groups (broad SMARTS) is 1. The lowest BCUT2D eigenvalue weighted by molar-refractivity contribution is 0.0692. The number of hydrogen-bond donors (Lipinski definition) is 3. The number of aromatic carboxylic acids is 1. The smallest absolute Gasteiger partial charge is 0.354 e. The van der Waals surface area contributed by atoms with E-state index < -0.39 is 5.97 Å². The van der Waals surface area contributed by atoms with Crippen molar-refractivity contribution in [1.82, 2.24) is 9.88 Å². The van der Waals surface area contributed by atoms with E-state index in [-0.39, 0.29) is 11.7 Å². The fraction of sp³-hybridized carbons (Fsp3) is 0.538. The largest absolute Gasteiger partial charge is 0.477 e. The van der Waals surface area contributed by atoms with Crippen LogP contribution in [0.5, 0.6) is 0 Å². The predicted octanol–water partition coefficient (Wildman–Crippen LogP) is 2.38. The van der Waals surface area contributed by atoms with Crippen molar-refractivity contribution in [3.63, 3.8) is 0 Å². The Hall–Kier alpha value is -1.63. The maximum absolute atomic E-state index is 12.2. The van der Waals surface area contributed by atoms with Gasteiger partial charge in [-0.2, -0.15) is 11.8 Å². The molecule has 2 heterocycles. The van der Waals surface area contributed by atoms with Crippen LogP contribution in [-0.4, -0.2) is 51.1 Å². The molecule has 0 saturated carbocycles. The Labute approximate surface area is 121 Å². The van der Waals surface area contributed by atoms with E-state index in [1.807, 2.05) is 11.8 Å². The number of rotatable bonds is 3. The number of anilines is 1. The Balaban J connectivity index is 2.06. The lowest BCUT2D eigenvalue weighted by atomic mass is 10.3. The normalized spacial score (nSPS) is 18.9. The summed E-state index contributed by atoms with van der Waals surface area (Å²) in [5.74, 6) is -0.154. The third-order valence-electron chi connectivity index (χ3n) is 3.29. The number of carboxylic acids is 1. The van der Waals surface area contributed by atoms with Crippen molar-refractivity contribution in [3.8, 4) is 0 Å². The summed E-state index contributed by atoms with van der Waals surface area (Å²) >= 11 is 1.88. The first kappa shape index (κ1) is 14.8. The van der Waals surface area contributed by atoms with Crippen LogP contribution in [0.25, 0.3) is 0 Å². The maximum atomic E-state index is 12.2. The van der Waals surface area contributed by atoms with Gasteiger partial charge in [-0.15, -0.1) is 0 Å². The van der Waals surface area contributed by atoms with Gasteiger partial charge in [0, 0.05) is 29.8 Å². The van der Waals surface area contributed by atoms with E-state index in [2.05, 4.69) is 17.2 Å². The number of aromatic nitrogens is 1. The number of aromatic amines is 1. The number of carbonyl (C=O) groups is 2. The molecule has 20 heavy (non-hydrogen) atoms. The summed E-state index contributed by atoms with van der Waals surface area (Å²) in [7, 11) is 0. The number of carbonyl (C=O) groups excluding carboxylic acids is 1. The summed E-state index contributed by atoms with van der Waals surface area (Å²) in [5, 5.41) is 12.2. The molecule has 1 aliphatic rings. The molecule has 0 spiro atoms. The Bertz CT molecular complexity index is 515. The fourth-order valence-corrected chi connectivity index (χ4v) is 3.38. The molecule has 1 atom stereocenters. The molecular formula is C13H19N3O3S. The van der Waals surface area contributed by atoms with Gasteiger partial charge in [-0.05, 0) is 19.4 Å². The van der Waals surface area contributed by atoms with Gasteiger partial charge in [-0.25, -0.2) is 9.59 Å². The van der Waals surface area contributed by atoms with Crippen molar-refractivity contribution in [2.75, 3.05) is 24.2 Å². The van der Waals surface area contributed by atoms with E-state index in [0.29, 0.717) is 29.7 Å². The van der Waals surface area contributed by atoms with Crippen molar-refractivity contribution in [2.24, 2.45) is 0 Å². The minimum absolute atomic E-state index is 0.0225. The molecule has 0 radical (unpaired) electrons. The summed E-state index contributed by atoms with van der Waals surface area (Å²) in [6, 6.07) is 1.41. The van der Waals surface area contributed by atoms with Crippen molar-refractivity contribution < 1.29 is 14.7 Å². The lowest BCUT2D eigenvalue weighted by Gasteiger charge is -2.31. The monoisotopic (exact) mass is 297 g/mol.